The van der Waals surface area contributed by atoms with Crippen LogP contribution >= 0.6 is 24.0 Å². The third-order valence-electron chi connectivity index (χ3n) is 5.32. The van der Waals surface area contributed by atoms with E-state index in [-0.39, 0.29) is 30.1 Å². The maximum absolute atomic E-state index is 6.02. The first-order valence-corrected chi connectivity index (χ1v) is 10.5. The van der Waals surface area contributed by atoms with Gasteiger partial charge >= 0.3 is 0 Å². The Balaban J connectivity index is 0.00000256. The Morgan fingerprint density at radius 3 is 2.63 bits per heavy atom. The highest BCUT2D eigenvalue weighted by molar-refractivity contribution is 14.0. The van der Waals surface area contributed by atoms with Crippen molar-refractivity contribution >= 4 is 35.6 Å². The van der Waals surface area contributed by atoms with Crippen molar-refractivity contribution in [3.63, 3.8) is 0 Å². The molecule has 0 radical (unpaired) electrons. The van der Waals surface area contributed by atoms with Gasteiger partial charge in [0.25, 0.3) is 0 Å². The number of fused-ring (bicyclic) bond motifs is 1. The molecule has 4 rings (SSSR count). The summed E-state index contributed by atoms with van der Waals surface area (Å²) < 4.78 is 11.8. The minimum absolute atomic E-state index is 0. The van der Waals surface area contributed by atoms with Gasteiger partial charge in [-0.25, -0.2) is 0 Å². The molecule has 0 saturated carbocycles. The fraction of sp³-hybridized carbons (Fsp3) is 0.435. The third-order valence-corrected chi connectivity index (χ3v) is 5.32. The van der Waals surface area contributed by atoms with Crippen LogP contribution in [0.1, 0.15) is 13.3 Å². The first-order valence-electron chi connectivity index (χ1n) is 10.5. The molecule has 2 aromatic rings. The lowest BCUT2D eigenvalue weighted by atomic mass is 10.1. The van der Waals surface area contributed by atoms with Crippen LogP contribution in [-0.2, 0) is 0 Å². The topological polar surface area (TPSA) is 58.1 Å². The SMILES string of the molecule is CCNC(=NCC1CCN(c2ccccc2)C1)NCC1COc2ccccc2O1.I. The van der Waals surface area contributed by atoms with E-state index in [4.69, 9.17) is 14.5 Å². The van der Waals surface area contributed by atoms with Gasteiger partial charge in [-0.2, -0.15) is 0 Å². The number of hydrogen-bond acceptors (Lipinski definition) is 4. The largest absolute Gasteiger partial charge is 0.486 e. The summed E-state index contributed by atoms with van der Waals surface area (Å²) in [6, 6.07) is 18.4. The van der Waals surface area contributed by atoms with Crippen LogP contribution in [0.25, 0.3) is 0 Å². The molecule has 1 fully saturated rings. The number of para-hydroxylation sites is 3. The quantitative estimate of drug-likeness (QED) is 0.346. The molecule has 2 N–H and O–H groups in total. The fourth-order valence-corrected chi connectivity index (χ4v) is 3.79. The predicted octanol–water partition coefficient (Wildman–Crippen LogP) is 3.53. The smallest absolute Gasteiger partial charge is 0.191 e. The number of aliphatic imine (C=N–C) groups is 1. The normalized spacial score (nSPS) is 20.4. The van der Waals surface area contributed by atoms with Crippen molar-refractivity contribution < 1.29 is 9.47 Å². The van der Waals surface area contributed by atoms with Gasteiger partial charge < -0.3 is 25.0 Å². The number of nitrogens with zero attached hydrogens (tertiary/aromatic N) is 2. The summed E-state index contributed by atoms with van der Waals surface area (Å²) in [4.78, 5) is 7.27. The molecule has 0 spiro atoms. The molecule has 2 unspecified atom stereocenters. The molecule has 1 saturated heterocycles. The van der Waals surface area contributed by atoms with Crippen molar-refractivity contribution in [2.75, 3.05) is 44.2 Å². The van der Waals surface area contributed by atoms with Crippen LogP contribution in [0.3, 0.4) is 0 Å². The summed E-state index contributed by atoms with van der Waals surface area (Å²) in [7, 11) is 0. The van der Waals surface area contributed by atoms with Crippen LogP contribution < -0.4 is 25.0 Å². The van der Waals surface area contributed by atoms with Crippen LogP contribution in [0.5, 0.6) is 11.5 Å². The Morgan fingerprint density at radius 2 is 1.83 bits per heavy atom. The number of nitrogens with one attached hydrogen (secondary N) is 2. The average Bonchev–Trinajstić information content (AvgIpc) is 3.25. The Bertz CT molecular complexity index is 818. The van der Waals surface area contributed by atoms with Crippen molar-refractivity contribution in [3.05, 3.63) is 54.6 Å². The molecule has 0 aliphatic carbocycles. The molecule has 30 heavy (non-hydrogen) atoms. The van der Waals surface area contributed by atoms with Gasteiger partial charge in [0, 0.05) is 31.9 Å². The molecule has 162 valence electrons. The van der Waals surface area contributed by atoms with Crippen molar-refractivity contribution in [1.29, 1.82) is 0 Å². The van der Waals surface area contributed by atoms with Gasteiger partial charge in [-0.15, -0.1) is 24.0 Å². The molecule has 2 atom stereocenters. The number of hydrogen-bond donors (Lipinski definition) is 2. The summed E-state index contributed by atoms with van der Waals surface area (Å²) in [6.07, 6.45) is 1.14. The van der Waals surface area contributed by atoms with E-state index in [1.165, 1.54) is 12.1 Å². The van der Waals surface area contributed by atoms with Gasteiger partial charge in [0.2, 0.25) is 0 Å². The molecule has 0 bridgehead atoms. The number of guanidine groups is 1. The molecule has 0 aromatic heterocycles. The molecule has 0 amide bonds. The molecular formula is C23H31IN4O2. The monoisotopic (exact) mass is 522 g/mol. The first-order chi connectivity index (χ1) is 14.3. The van der Waals surface area contributed by atoms with E-state index in [9.17, 15) is 0 Å². The minimum Gasteiger partial charge on any atom is -0.486 e. The summed E-state index contributed by atoms with van der Waals surface area (Å²) >= 11 is 0. The van der Waals surface area contributed by atoms with Crippen LogP contribution in [0, 0.1) is 5.92 Å². The zero-order valence-corrected chi connectivity index (χ0v) is 19.8. The van der Waals surface area contributed by atoms with Gasteiger partial charge in [-0.1, -0.05) is 30.3 Å². The molecule has 2 aliphatic rings. The standard InChI is InChI=1S/C23H30N4O2.HI/c1-2-24-23(26-15-20-17-28-21-10-6-7-11-22(21)29-20)25-14-18-12-13-27(16-18)19-8-4-3-5-9-19;/h3-11,18,20H,2,12-17H2,1H3,(H2,24,25,26);1H. The van der Waals surface area contributed by atoms with Crippen LogP contribution in [-0.4, -0.2) is 51.4 Å². The summed E-state index contributed by atoms with van der Waals surface area (Å²) in [6.45, 7) is 7.09. The van der Waals surface area contributed by atoms with Gasteiger partial charge in [0.15, 0.2) is 17.5 Å². The van der Waals surface area contributed by atoms with Crippen LogP contribution in [0.4, 0.5) is 5.69 Å². The van der Waals surface area contributed by atoms with E-state index >= 15 is 0 Å². The summed E-state index contributed by atoms with van der Waals surface area (Å²) in [5.41, 5.74) is 1.30. The number of benzene rings is 2. The van der Waals surface area contributed by atoms with E-state index in [0.29, 0.717) is 19.1 Å². The van der Waals surface area contributed by atoms with E-state index in [1.54, 1.807) is 0 Å². The third kappa shape index (κ3) is 5.93. The van der Waals surface area contributed by atoms with Crippen LogP contribution in [0.2, 0.25) is 0 Å². The maximum Gasteiger partial charge on any atom is 0.191 e. The zero-order valence-electron chi connectivity index (χ0n) is 17.4. The zero-order chi connectivity index (χ0) is 19.9. The number of ether oxygens (including phenoxy) is 2. The van der Waals surface area contributed by atoms with Crippen molar-refractivity contribution in [3.8, 4) is 11.5 Å². The summed E-state index contributed by atoms with van der Waals surface area (Å²) in [5, 5.41) is 6.75. The Kier molecular flexibility index (Phi) is 8.48. The van der Waals surface area contributed by atoms with Crippen LogP contribution in [0.15, 0.2) is 59.6 Å². The van der Waals surface area contributed by atoms with Crippen molar-refractivity contribution in [1.82, 2.24) is 10.6 Å². The Labute approximate surface area is 196 Å². The molecule has 7 heteroatoms. The number of halogens is 1. The minimum atomic E-state index is -0.0335. The predicted molar refractivity (Wildman–Crippen MR) is 133 cm³/mol. The second-order valence-corrected chi connectivity index (χ2v) is 7.53. The Morgan fingerprint density at radius 1 is 1.07 bits per heavy atom. The molecule has 2 heterocycles. The van der Waals surface area contributed by atoms with E-state index in [2.05, 4.69) is 52.8 Å². The van der Waals surface area contributed by atoms with Gasteiger partial charge in [-0.05, 0) is 43.5 Å². The number of rotatable bonds is 6. The van der Waals surface area contributed by atoms with E-state index in [1.807, 2.05) is 24.3 Å². The van der Waals surface area contributed by atoms with Gasteiger partial charge in [-0.3, -0.25) is 4.99 Å². The lowest BCUT2D eigenvalue weighted by Gasteiger charge is -2.27. The maximum atomic E-state index is 6.02. The van der Waals surface area contributed by atoms with E-state index < -0.39 is 0 Å². The molecule has 2 aromatic carbocycles. The second kappa shape index (κ2) is 11.3. The molecular weight excluding hydrogens is 491 g/mol. The summed E-state index contributed by atoms with van der Waals surface area (Å²) in [5.74, 6) is 3.04. The second-order valence-electron chi connectivity index (χ2n) is 7.53. The molecule has 2 aliphatic heterocycles. The highest BCUT2D eigenvalue weighted by Gasteiger charge is 2.23. The lowest BCUT2D eigenvalue weighted by molar-refractivity contribution is 0.0936. The van der Waals surface area contributed by atoms with E-state index in [0.717, 1.165) is 43.6 Å². The molecule has 6 nitrogen and oxygen atoms in total. The van der Waals surface area contributed by atoms with Gasteiger partial charge in [0.05, 0.1) is 6.54 Å². The highest BCUT2D eigenvalue weighted by Crippen LogP contribution is 2.30. The highest BCUT2D eigenvalue weighted by atomic mass is 127. The average molecular weight is 522 g/mol. The first kappa shape index (κ1) is 22.5. The van der Waals surface area contributed by atoms with Gasteiger partial charge in [0.1, 0.15) is 12.7 Å². The van der Waals surface area contributed by atoms with Crippen molar-refractivity contribution in [2.45, 2.75) is 19.4 Å². The fourth-order valence-electron chi connectivity index (χ4n) is 3.79. The van der Waals surface area contributed by atoms with Crippen molar-refractivity contribution in [2.24, 2.45) is 10.9 Å². The number of anilines is 1. The lowest BCUT2D eigenvalue weighted by Crippen LogP contribution is -2.45. The Hall–Kier alpha value is -2.16.